The Balaban J connectivity index is 4.52. The van der Waals surface area contributed by atoms with Crippen molar-refractivity contribution in [1.29, 1.82) is 0 Å². The monoisotopic (exact) mass is 793 g/mol. The van der Waals surface area contributed by atoms with Gasteiger partial charge in [-0.25, -0.2) is 4.57 Å². The Hall–Kier alpha value is -3.08. The molecule has 0 spiro atoms. The summed E-state index contributed by atoms with van der Waals surface area (Å²) in [4.78, 5) is 45.8. The van der Waals surface area contributed by atoms with Crippen LogP contribution in [0.15, 0.2) is 72.9 Å². The summed E-state index contributed by atoms with van der Waals surface area (Å²) in [5, 5.41) is 8.87. The van der Waals surface area contributed by atoms with Crippen LogP contribution in [-0.2, 0) is 37.5 Å². The van der Waals surface area contributed by atoms with Crippen molar-refractivity contribution in [3.05, 3.63) is 72.9 Å². The van der Waals surface area contributed by atoms with E-state index in [-0.39, 0.29) is 19.4 Å². The third kappa shape index (κ3) is 37.6. The van der Waals surface area contributed by atoms with Crippen LogP contribution in [0.3, 0.4) is 0 Å². The number of hydrogen-bond acceptors (Lipinski definition) is 9. The fraction of sp³-hybridized carbons (Fsp3) is 0.651. The van der Waals surface area contributed by atoms with Crippen molar-refractivity contribution in [3.63, 3.8) is 0 Å². The number of ether oxygens (including phenoxy) is 2. The van der Waals surface area contributed by atoms with E-state index in [1.165, 1.54) is 51.4 Å². The van der Waals surface area contributed by atoms with Gasteiger partial charge in [0.1, 0.15) is 12.6 Å². The zero-order valence-electron chi connectivity index (χ0n) is 33.7. The number of carboxylic acid groups (broad SMARTS) is 1. The Bertz CT molecular complexity index is 1210. The number of carboxylic acids is 1. The number of carbonyl (C=O) groups excluding carboxylic acids is 2. The largest absolute Gasteiger partial charge is 0.480 e. The molecule has 0 heterocycles. The number of phosphoric ester groups is 1. The Morgan fingerprint density at radius 1 is 0.582 bits per heavy atom. The SMILES string of the molecule is CC/C=C/C/C=C/C/C=C/C/C=C/C/C=C/C/C=C/CCC(=O)OC[C@@H](COP(=O)(O)OC[C@@H](N)C(=O)O)OC(=O)CCCCCCCCCCCCCC. The molecule has 0 amide bonds. The zero-order chi connectivity index (χ0) is 40.7. The van der Waals surface area contributed by atoms with Crippen LogP contribution in [0, 0.1) is 0 Å². The second-order valence-electron chi connectivity index (χ2n) is 13.4. The third-order valence-electron chi connectivity index (χ3n) is 8.23. The highest BCUT2D eigenvalue weighted by Crippen LogP contribution is 2.43. The molecule has 0 aliphatic carbocycles. The van der Waals surface area contributed by atoms with Crippen molar-refractivity contribution in [2.24, 2.45) is 5.73 Å². The van der Waals surface area contributed by atoms with Gasteiger partial charge in [-0.1, -0.05) is 157 Å². The lowest BCUT2D eigenvalue weighted by Gasteiger charge is -2.20. The average molecular weight is 794 g/mol. The van der Waals surface area contributed by atoms with Crippen LogP contribution in [0.2, 0.25) is 0 Å². The molecule has 3 atom stereocenters. The highest BCUT2D eigenvalue weighted by Gasteiger charge is 2.28. The Kier molecular flexibility index (Phi) is 35.7. The minimum Gasteiger partial charge on any atom is -0.480 e. The first kappa shape index (κ1) is 51.9. The summed E-state index contributed by atoms with van der Waals surface area (Å²) in [5.41, 5.74) is 5.32. The van der Waals surface area contributed by atoms with E-state index in [0.29, 0.717) is 12.8 Å². The second kappa shape index (κ2) is 37.8. The molecule has 11 nitrogen and oxygen atoms in total. The normalized spacial score (nSPS) is 14.5. The second-order valence-corrected chi connectivity index (χ2v) is 14.8. The predicted molar refractivity (Wildman–Crippen MR) is 221 cm³/mol. The minimum atomic E-state index is -4.73. The number of unbranched alkanes of at least 4 members (excludes halogenated alkanes) is 11. The van der Waals surface area contributed by atoms with Crippen LogP contribution >= 0.6 is 7.82 Å². The number of carbonyl (C=O) groups is 3. The van der Waals surface area contributed by atoms with Gasteiger partial charge in [-0.15, -0.1) is 0 Å². The van der Waals surface area contributed by atoms with E-state index < -0.39 is 51.1 Å². The van der Waals surface area contributed by atoms with E-state index in [4.69, 9.17) is 24.8 Å². The van der Waals surface area contributed by atoms with Crippen LogP contribution in [0.1, 0.15) is 149 Å². The number of nitrogens with two attached hydrogens (primary N) is 1. The number of phosphoric acid groups is 1. The van der Waals surface area contributed by atoms with Gasteiger partial charge in [0.25, 0.3) is 0 Å². The van der Waals surface area contributed by atoms with Gasteiger partial charge in [0, 0.05) is 12.8 Å². The number of hydrogen-bond donors (Lipinski definition) is 3. The Labute approximate surface area is 331 Å². The van der Waals surface area contributed by atoms with Gasteiger partial charge in [0.2, 0.25) is 0 Å². The van der Waals surface area contributed by atoms with Gasteiger partial charge in [0.05, 0.1) is 13.2 Å². The topological polar surface area (TPSA) is 172 Å². The first-order valence-electron chi connectivity index (χ1n) is 20.5. The van der Waals surface area contributed by atoms with Crippen molar-refractivity contribution < 1.29 is 47.5 Å². The van der Waals surface area contributed by atoms with Gasteiger partial charge >= 0.3 is 25.7 Å². The summed E-state index contributed by atoms with van der Waals surface area (Å²) in [6.07, 6.45) is 44.1. The lowest BCUT2D eigenvalue weighted by atomic mass is 10.0. The molecule has 55 heavy (non-hydrogen) atoms. The summed E-state index contributed by atoms with van der Waals surface area (Å²) in [7, 11) is -4.73. The molecule has 0 bridgehead atoms. The molecular weight excluding hydrogens is 721 g/mol. The molecule has 4 N–H and O–H groups in total. The third-order valence-corrected chi connectivity index (χ3v) is 9.18. The lowest BCUT2D eigenvalue weighted by Crippen LogP contribution is -2.34. The number of rotatable bonds is 37. The molecule has 0 fully saturated rings. The fourth-order valence-electron chi connectivity index (χ4n) is 5.03. The maximum atomic E-state index is 12.6. The molecule has 12 heteroatoms. The van der Waals surface area contributed by atoms with Crippen molar-refractivity contribution in [2.75, 3.05) is 19.8 Å². The van der Waals surface area contributed by atoms with Crippen molar-refractivity contribution >= 4 is 25.7 Å². The molecule has 0 aliphatic heterocycles. The highest BCUT2D eigenvalue weighted by molar-refractivity contribution is 7.47. The Morgan fingerprint density at radius 2 is 1.02 bits per heavy atom. The van der Waals surface area contributed by atoms with Crippen LogP contribution in [0.4, 0.5) is 0 Å². The lowest BCUT2D eigenvalue weighted by molar-refractivity contribution is -0.161. The van der Waals surface area contributed by atoms with E-state index in [0.717, 1.165) is 57.8 Å². The first-order valence-corrected chi connectivity index (χ1v) is 22.0. The molecule has 0 aromatic rings. The molecule has 1 unspecified atom stereocenters. The van der Waals surface area contributed by atoms with Gasteiger partial charge < -0.3 is 25.2 Å². The number of esters is 2. The summed E-state index contributed by atoms with van der Waals surface area (Å²) in [6.45, 7) is 2.59. The number of allylic oxidation sites excluding steroid dienone is 12. The van der Waals surface area contributed by atoms with Gasteiger partial charge in [-0.05, 0) is 51.4 Å². The predicted octanol–water partition coefficient (Wildman–Crippen LogP) is 10.6. The standard InChI is InChI=1S/C43H72NO10P/c1-3-5-7-9-11-13-15-17-18-19-20-21-22-23-25-26-28-30-32-34-41(45)51-36-39(37-52-55(49,50)53-38-40(44)43(47)48)54-42(46)35-33-31-29-27-24-16-14-12-10-8-6-4-2/h5,7,11,13,17-18,20-21,23,25,28,30,39-40H,3-4,6,8-10,12,14-16,19,22,24,26-27,29,31-38,44H2,1-2H3,(H,47,48)(H,49,50)/b7-5+,13-11+,18-17+,21-20+,25-23+,30-28+/t39-,40+/m0/s1. The van der Waals surface area contributed by atoms with Gasteiger partial charge in [0.15, 0.2) is 6.10 Å². The van der Waals surface area contributed by atoms with E-state index in [2.05, 4.69) is 79.1 Å². The van der Waals surface area contributed by atoms with Crippen LogP contribution in [0.5, 0.6) is 0 Å². The van der Waals surface area contributed by atoms with Crippen LogP contribution in [-0.4, -0.2) is 59.9 Å². The average Bonchev–Trinajstić information content (AvgIpc) is 3.16. The maximum Gasteiger partial charge on any atom is 0.472 e. The minimum absolute atomic E-state index is 0.0945. The molecule has 314 valence electrons. The van der Waals surface area contributed by atoms with Crippen molar-refractivity contribution in [3.8, 4) is 0 Å². The molecular formula is C43H72NO10P. The first-order chi connectivity index (χ1) is 26.6. The Morgan fingerprint density at radius 3 is 1.49 bits per heavy atom. The number of aliphatic carboxylic acids is 1. The zero-order valence-corrected chi connectivity index (χ0v) is 34.6. The van der Waals surface area contributed by atoms with E-state index in [9.17, 15) is 23.8 Å². The maximum absolute atomic E-state index is 12.6. The molecule has 0 saturated heterocycles. The molecule has 0 rings (SSSR count). The van der Waals surface area contributed by atoms with E-state index >= 15 is 0 Å². The summed E-state index contributed by atoms with van der Waals surface area (Å²) >= 11 is 0. The summed E-state index contributed by atoms with van der Waals surface area (Å²) in [6, 6.07) is -1.53. The molecule has 0 radical (unpaired) electrons. The summed E-state index contributed by atoms with van der Waals surface area (Å²) < 4.78 is 32.5. The molecule has 0 aliphatic rings. The van der Waals surface area contributed by atoms with Crippen molar-refractivity contribution in [2.45, 2.75) is 161 Å². The highest BCUT2D eigenvalue weighted by atomic mass is 31.2. The fourth-order valence-corrected chi connectivity index (χ4v) is 5.81. The van der Waals surface area contributed by atoms with Gasteiger partial charge in [-0.2, -0.15) is 0 Å². The van der Waals surface area contributed by atoms with E-state index in [1.54, 1.807) is 0 Å². The van der Waals surface area contributed by atoms with Crippen LogP contribution < -0.4 is 5.73 Å². The van der Waals surface area contributed by atoms with Crippen molar-refractivity contribution in [1.82, 2.24) is 0 Å². The smallest absolute Gasteiger partial charge is 0.472 e. The van der Waals surface area contributed by atoms with E-state index in [1.807, 2.05) is 12.2 Å². The molecule has 0 aromatic heterocycles. The van der Waals surface area contributed by atoms with Crippen LogP contribution in [0.25, 0.3) is 0 Å². The quantitative estimate of drug-likeness (QED) is 0.0236. The molecule has 0 saturated carbocycles. The summed E-state index contributed by atoms with van der Waals surface area (Å²) in [5.74, 6) is -2.49. The molecule has 0 aromatic carbocycles. The van der Waals surface area contributed by atoms with Gasteiger partial charge in [-0.3, -0.25) is 23.4 Å².